The Balaban J connectivity index is 1.55. The van der Waals surface area contributed by atoms with Crippen LogP contribution in [0, 0.1) is 5.92 Å². The number of aromatic nitrogens is 2. The number of carbonyl (C=O) groups is 3. The van der Waals surface area contributed by atoms with Crippen LogP contribution in [0.2, 0.25) is 0 Å². The molecular weight excluding hydrogens is 478 g/mol. The molecule has 0 unspecified atom stereocenters. The number of benzene rings is 1. The Hall–Kier alpha value is -3.57. The second-order valence-electron chi connectivity index (χ2n) is 9.52. The lowest BCUT2D eigenvalue weighted by atomic mass is 9.89. The topological polar surface area (TPSA) is 148 Å². The van der Waals surface area contributed by atoms with E-state index >= 15 is 0 Å². The molecule has 3 aromatic rings. The molecule has 1 aliphatic heterocycles. The Morgan fingerprint density at radius 1 is 1.22 bits per heavy atom. The molecule has 2 aromatic heterocycles. The Bertz CT molecular complexity index is 1310. The van der Waals surface area contributed by atoms with Crippen LogP contribution in [0.15, 0.2) is 30.5 Å². The van der Waals surface area contributed by atoms with Crippen molar-refractivity contribution in [3.05, 3.63) is 46.6 Å². The van der Waals surface area contributed by atoms with Crippen molar-refractivity contribution in [2.24, 2.45) is 11.7 Å². The summed E-state index contributed by atoms with van der Waals surface area (Å²) in [5.41, 5.74) is 13.0. The number of carbonyl (C=O) groups excluding carboxylic acids is 3. The second-order valence-corrected chi connectivity index (χ2v) is 10.6. The number of fused-ring (bicyclic) bond motifs is 1. The van der Waals surface area contributed by atoms with E-state index in [1.807, 2.05) is 32.3 Å². The SMILES string of the molecule is C[C@H]1CC[C@H](c2ccc3sc(CCN(C)C)nc3c2)N(C(=O)C(=O)Nc2cnc(N)c(C(N)=O)c2)C1. The molecule has 4 rings (SSSR count). The molecule has 1 aliphatic rings. The highest BCUT2D eigenvalue weighted by atomic mass is 32.1. The summed E-state index contributed by atoms with van der Waals surface area (Å²) in [7, 11) is 4.08. The number of likely N-dealkylation sites (tertiary alicyclic amines) is 1. The maximum absolute atomic E-state index is 13.3. The van der Waals surface area contributed by atoms with Crippen LogP contribution in [-0.4, -0.2) is 64.7 Å². The maximum Gasteiger partial charge on any atom is 0.313 e. The average molecular weight is 510 g/mol. The normalized spacial score (nSPS) is 17.9. The van der Waals surface area contributed by atoms with Crippen LogP contribution in [0.4, 0.5) is 11.5 Å². The van der Waals surface area contributed by atoms with Gasteiger partial charge in [-0.15, -0.1) is 11.3 Å². The van der Waals surface area contributed by atoms with Gasteiger partial charge in [0.2, 0.25) is 0 Å². The highest BCUT2D eigenvalue weighted by Crippen LogP contribution is 2.35. The van der Waals surface area contributed by atoms with Crippen molar-refractivity contribution in [2.45, 2.75) is 32.2 Å². The highest BCUT2D eigenvalue weighted by Gasteiger charge is 2.34. The highest BCUT2D eigenvalue weighted by molar-refractivity contribution is 7.18. The minimum absolute atomic E-state index is 0.0220. The zero-order valence-corrected chi connectivity index (χ0v) is 21.5. The Labute approximate surface area is 213 Å². The molecule has 0 saturated carbocycles. The number of anilines is 2. The van der Waals surface area contributed by atoms with Gasteiger partial charge in [0.25, 0.3) is 5.91 Å². The maximum atomic E-state index is 13.3. The van der Waals surface area contributed by atoms with Gasteiger partial charge in [0.15, 0.2) is 0 Å². The predicted molar refractivity (Wildman–Crippen MR) is 141 cm³/mol. The molecule has 0 spiro atoms. The van der Waals surface area contributed by atoms with E-state index in [9.17, 15) is 14.4 Å². The summed E-state index contributed by atoms with van der Waals surface area (Å²) < 4.78 is 1.11. The first-order chi connectivity index (χ1) is 17.1. The number of nitrogens with zero attached hydrogens (tertiary/aromatic N) is 4. The summed E-state index contributed by atoms with van der Waals surface area (Å²) in [4.78, 5) is 50.2. The molecule has 1 aromatic carbocycles. The number of nitrogens with one attached hydrogen (secondary N) is 1. The molecule has 10 nitrogen and oxygen atoms in total. The fraction of sp³-hybridized carbons (Fsp3) is 0.400. The summed E-state index contributed by atoms with van der Waals surface area (Å²) >= 11 is 1.68. The molecule has 0 aliphatic carbocycles. The third-order valence-corrected chi connectivity index (χ3v) is 7.42. The van der Waals surface area contributed by atoms with Gasteiger partial charge in [-0.3, -0.25) is 14.4 Å². The van der Waals surface area contributed by atoms with Crippen molar-refractivity contribution in [3.63, 3.8) is 0 Å². The molecule has 5 N–H and O–H groups in total. The minimum Gasteiger partial charge on any atom is -0.383 e. The number of hydrogen-bond acceptors (Lipinski definition) is 8. The summed E-state index contributed by atoms with van der Waals surface area (Å²) in [5, 5.41) is 3.61. The van der Waals surface area contributed by atoms with Crippen LogP contribution in [-0.2, 0) is 16.0 Å². The first-order valence-corrected chi connectivity index (χ1v) is 12.7. The van der Waals surface area contributed by atoms with Gasteiger partial charge < -0.3 is 26.6 Å². The fourth-order valence-corrected chi connectivity index (χ4v) is 5.34. The number of thiazole rings is 1. The van der Waals surface area contributed by atoms with Crippen molar-refractivity contribution < 1.29 is 14.4 Å². The number of likely N-dealkylation sites (N-methyl/N-ethyl adjacent to an activating group) is 1. The zero-order valence-electron chi connectivity index (χ0n) is 20.7. The number of pyridine rings is 1. The number of rotatable bonds is 6. The van der Waals surface area contributed by atoms with E-state index in [1.165, 1.54) is 12.3 Å². The lowest BCUT2D eigenvalue weighted by molar-refractivity contribution is -0.146. The molecule has 3 amide bonds. The molecular formula is C25H31N7O3S. The van der Waals surface area contributed by atoms with Crippen LogP contribution in [0.5, 0.6) is 0 Å². The minimum atomic E-state index is -0.809. The second kappa shape index (κ2) is 10.6. The Kier molecular flexibility index (Phi) is 7.51. The number of hydrogen-bond donors (Lipinski definition) is 3. The molecule has 1 fully saturated rings. The lowest BCUT2D eigenvalue weighted by Crippen LogP contribution is -2.46. The quantitative estimate of drug-likeness (QED) is 0.432. The number of piperidine rings is 1. The van der Waals surface area contributed by atoms with Crippen molar-refractivity contribution >= 4 is 50.8 Å². The van der Waals surface area contributed by atoms with E-state index in [1.54, 1.807) is 16.2 Å². The van der Waals surface area contributed by atoms with Gasteiger partial charge in [0, 0.05) is 19.5 Å². The van der Waals surface area contributed by atoms with Gasteiger partial charge in [-0.2, -0.15) is 0 Å². The van der Waals surface area contributed by atoms with Crippen molar-refractivity contribution in [2.75, 3.05) is 38.2 Å². The summed E-state index contributed by atoms with van der Waals surface area (Å²) in [6, 6.07) is 7.19. The van der Waals surface area contributed by atoms with Gasteiger partial charge in [-0.1, -0.05) is 13.0 Å². The zero-order chi connectivity index (χ0) is 26.0. The third kappa shape index (κ3) is 5.63. The number of nitrogens with two attached hydrogens (primary N) is 2. The van der Waals surface area contributed by atoms with Crippen molar-refractivity contribution in [1.29, 1.82) is 0 Å². The molecule has 0 bridgehead atoms. The first kappa shape index (κ1) is 25.5. The predicted octanol–water partition coefficient (Wildman–Crippen LogP) is 2.41. The summed E-state index contributed by atoms with van der Waals surface area (Å²) in [5.74, 6) is -2.00. The molecule has 2 atom stereocenters. The fourth-order valence-electron chi connectivity index (χ4n) is 4.41. The average Bonchev–Trinajstić information content (AvgIpc) is 3.25. The van der Waals surface area contributed by atoms with Crippen molar-refractivity contribution in [1.82, 2.24) is 19.8 Å². The van der Waals surface area contributed by atoms with Crippen LogP contribution >= 0.6 is 11.3 Å². The van der Waals surface area contributed by atoms with E-state index in [4.69, 9.17) is 16.5 Å². The largest absolute Gasteiger partial charge is 0.383 e. The van der Waals surface area contributed by atoms with E-state index in [-0.39, 0.29) is 29.0 Å². The van der Waals surface area contributed by atoms with Crippen LogP contribution in [0.1, 0.15) is 46.7 Å². The molecule has 3 heterocycles. The van der Waals surface area contributed by atoms with Gasteiger partial charge in [0.05, 0.1) is 38.7 Å². The molecule has 11 heteroatoms. The Morgan fingerprint density at radius 3 is 2.72 bits per heavy atom. The van der Waals surface area contributed by atoms with E-state index < -0.39 is 17.7 Å². The van der Waals surface area contributed by atoms with Gasteiger partial charge in [-0.05, 0) is 56.6 Å². The smallest absolute Gasteiger partial charge is 0.313 e. The monoisotopic (exact) mass is 509 g/mol. The molecule has 1 saturated heterocycles. The van der Waals surface area contributed by atoms with E-state index in [2.05, 4.69) is 22.1 Å². The summed E-state index contributed by atoms with van der Waals surface area (Å²) in [6.45, 7) is 3.46. The van der Waals surface area contributed by atoms with Gasteiger partial charge >= 0.3 is 11.8 Å². The molecule has 190 valence electrons. The number of nitrogen functional groups attached to an aromatic ring is 1. The van der Waals surface area contributed by atoms with Gasteiger partial charge in [-0.25, -0.2) is 9.97 Å². The standard InChI is InChI=1S/C25H31N7O3S/c1-14-4-6-19(15-5-7-20-18(10-15)30-21(36-20)8-9-31(2)3)32(13-14)25(35)24(34)29-16-11-17(23(27)33)22(26)28-12-16/h5,7,10-12,14,19H,4,6,8-9,13H2,1-3H3,(H2,26,28)(H2,27,33)(H,29,34)/t14-,19+/m0/s1. The number of primary amides is 1. The molecule has 36 heavy (non-hydrogen) atoms. The molecule has 0 radical (unpaired) electrons. The van der Waals surface area contributed by atoms with E-state index in [0.717, 1.165) is 46.6 Å². The number of amides is 3. The lowest BCUT2D eigenvalue weighted by Gasteiger charge is -2.38. The first-order valence-electron chi connectivity index (χ1n) is 11.8. The van der Waals surface area contributed by atoms with Crippen molar-refractivity contribution in [3.8, 4) is 0 Å². The van der Waals surface area contributed by atoms with Gasteiger partial charge in [0.1, 0.15) is 5.82 Å². The summed E-state index contributed by atoms with van der Waals surface area (Å²) in [6.07, 6.45) is 3.86. The van der Waals surface area contributed by atoms with E-state index in [0.29, 0.717) is 6.54 Å². The third-order valence-electron chi connectivity index (χ3n) is 6.33. The Morgan fingerprint density at radius 2 is 2.00 bits per heavy atom. The van der Waals surface area contributed by atoms with Crippen LogP contribution in [0.3, 0.4) is 0 Å². The van der Waals surface area contributed by atoms with Crippen LogP contribution in [0.25, 0.3) is 10.2 Å². The van der Waals surface area contributed by atoms with Crippen LogP contribution < -0.4 is 16.8 Å².